The van der Waals surface area contributed by atoms with E-state index in [1.54, 1.807) is 0 Å². The number of nitrogens with two attached hydrogens (primary N) is 1. The molecule has 3 heterocycles. The van der Waals surface area contributed by atoms with Crippen molar-refractivity contribution in [2.45, 2.75) is 25.6 Å². The molecule has 3 aromatic rings. The summed E-state index contributed by atoms with van der Waals surface area (Å²) in [4.78, 5) is 34.1. The van der Waals surface area contributed by atoms with Crippen molar-refractivity contribution in [3.05, 3.63) is 75.8 Å². The van der Waals surface area contributed by atoms with Crippen LogP contribution in [0.4, 0.5) is 30.2 Å². The quantitative estimate of drug-likeness (QED) is 0.311. The van der Waals surface area contributed by atoms with Crippen molar-refractivity contribution in [1.29, 1.82) is 0 Å². The van der Waals surface area contributed by atoms with E-state index in [4.69, 9.17) is 33.7 Å². The van der Waals surface area contributed by atoms with E-state index in [0.717, 1.165) is 6.07 Å². The van der Waals surface area contributed by atoms with Crippen LogP contribution in [0.2, 0.25) is 10.0 Å². The summed E-state index contributed by atoms with van der Waals surface area (Å²) in [6.07, 6.45) is -0.280. The van der Waals surface area contributed by atoms with Crippen LogP contribution in [0, 0.1) is 5.41 Å². The van der Waals surface area contributed by atoms with Gasteiger partial charge in [0.05, 0.1) is 58.1 Å². The summed E-state index contributed by atoms with van der Waals surface area (Å²) in [5.41, 5.74) is 4.60. The second-order valence-corrected chi connectivity index (χ2v) is 9.68. The number of aromatic nitrogens is 2. The third-order valence-electron chi connectivity index (χ3n) is 6.07. The van der Waals surface area contributed by atoms with Crippen molar-refractivity contribution in [3.63, 3.8) is 0 Å². The molecule has 8 nitrogen and oxygen atoms in total. The van der Waals surface area contributed by atoms with Crippen molar-refractivity contribution in [2.75, 3.05) is 24.3 Å². The number of halogens is 5. The van der Waals surface area contributed by atoms with Crippen LogP contribution in [0.1, 0.15) is 34.5 Å². The maximum atomic E-state index is 13.4. The number of anilines is 3. The van der Waals surface area contributed by atoms with Gasteiger partial charge in [-0.3, -0.25) is 19.6 Å². The van der Waals surface area contributed by atoms with E-state index in [-0.39, 0.29) is 52.5 Å². The lowest BCUT2D eigenvalue weighted by molar-refractivity contribution is -0.137. The lowest BCUT2D eigenvalue weighted by atomic mass is 9.80. The minimum absolute atomic E-state index is 0.0539. The highest BCUT2D eigenvalue weighted by atomic mass is 35.5. The highest BCUT2D eigenvalue weighted by molar-refractivity contribution is 6.31. The molecule has 0 saturated carbocycles. The number of ether oxygens (including phenoxy) is 1. The SMILES string of the molecule is Nc1cncc(C(=O)C[C@@]2(C(=O)NCc3ncc(Nc4ccc(Cl)cc4C(F)(F)F)cc3Cl)CCOC2)c1. The third-order valence-corrected chi connectivity index (χ3v) is 6.63. The van der Waals surface area contributed by atoms with Gasteiger partial charge in [0, 0.05) is 36.0 Å². The van der Waals surface area contributed by atoms with E-state index in [1.807, 2.05) is 0 Å². The number of hydrogen-bond donors (Lipinski definition) is 3. The van der Waals surface area contributed by atoms with Gasteiger partial charge >= 0.3 is 6.18 Å². The molecule has 4 N–H and O–H groups in total. The molecule has 0 bridgehead atoms. The fourth-order valence-corrected chi connectivity index (χ4v) is 4.46. The molecule has 1 atom stereocenters. The number of carbonyl (C=O) groups excluding carboxylic acids is 2. The van der Waals surface area contributed by atoms with E-state index >= 15 is 0 Å². The average Bonchev–Trinajstić information content (AvgIpc) is 3.33. The van der Waals surface area contributed by atoms with Gasteiger partial charge in [0.25, 0.3) is 0 Å². The lowest BCUT2D eigenvalue weighted by Gasteiger charge is -2.25. The maximum absolute atomic E-state index is 13.4. The first-order valence-electron chi connectivity index (χ1n) is 11.3. The summed E-state index contributed by atoms with van der Waals surface area (Å²) in [6.45, 7) is 0.315. The molecule has 0 unspecified atom stereocenters. The van der Waals surface area contributed by atoms with E-state index in [2.05, 4.69) is 20.6 Å². The van der Waals surface area contributed by atoms with Crippen molar-refractivity contribution >= 4 is 52.0 Å². The molecule has 1 fully saturated rings. The van der Waals surface area contributed by atoms with Gasteiger partial charge in [0.15, 0.2) is 5.78 Å². The Morgan fingerprint density at radius 3 is 2.58 bits per heavy atom. The molecule has 1 aromatic carbocycles. The summed E-state index contributed by atoms with van der Waals surface area (Å²) in [5, 5.41) is 5.47. The van der Waals surface area contributed by atoms with Gasteiger partial charge < -0.3 is 21.1 Å². The van der Waals surface area contributed by atoms with E-state index in [0.29, 0.717) is 24.3 Å². The van der Waals surface area contributed by atoms with Crippen molar-refractivity contribution < 1.29 is 27.5 Å². The summed E-state index contributed by atoms with van der Waals surface area (Å²) in [6, 6.07) is 6.25. The molecule has 200 valence electrons. The second-order valence-electron chi connectivity index (χ2n) is 8.84. The van der Waals surface area contributed by atoms with Crippen LogP contribution in [0.5, 0.6) is 0 Å². The zero-order chi connectivity index (χ0) is 27.5. The highest BCUT2D eigenvalue weighted by Gasteiger charge is 2.44. The maximum Gasteiger partial charge on any atom is 0.418 e. The number of carbonyl (C=O) groups is 2. The standard InChI is InChI=1S/C25H22Cl2F3N5O3/c26-15-1-2-20(18(6-15)25(28,29)30)35-17-7-19(27)21(33-11-17)12-34-23(37)24(3-4-38-13-24)8-22(36)14-5-16(31)10-32-9-14/h1-2,5-7,9-11,35H,3-4,8,12-13,31H2,(H,34,37)/t24-/m0/s1. The third kappa shape index (κ3) is 6.35. The van der Waals surface area contributed by atoms with Crippen LogP contribution in [-0.4, -0.2) is 34.9 Å². The number of amides is 1. The Kier molecular flexibility index (Phi) is 8.10. The first kappa shape index (κ1) is 27.6. The first-order chi connectivity index (χ1) is 18.0. The number of Topliss-reactive ketones (excluding diaryl/α,β-unsaturated/α-hetero) is 1. The molecule has 0 aliphatic carbocycles. The Morgan fingerprint density at radius 1 is 1.13 bits per heavy atom. The molecule has 13 heteroatoms. The van der Waals surface area contributed by atoms with Gasteiger partial charge in [-0.05, 0) is 36.8 Å². The average molecular weight is 568 g/mol. The molecule has 38 heavy (non-hydrogen) atoms. The van der Waals surface area contributed by atoms with E-state index < -0.39 is 23.1 Å². The molecule has 1 amide bonds. The van der Waals surface area contributed by atoms with Crippen molar-refractivity contribution in [2.24, 2.45) is 5.41 Å². The lowest BCUT2D eigenvalue weighted by Crippen LogP contribution is -2.43. The monoisotopic (exact) mass is 567 g/mol. The minimum atomic E-state index is -4.63. The predicted molar refractivity (Wildman–Crippen MR) is 136 cm³/mol. The zero-order valence-corrected chi connectivity index (χ0v) is 21.3. The second kappa shape index (κ2) is 11.1. The fraction of sp³-hybridized carbons (Fsp3) is 0.280. The van der Waals surface area contributed by atoms with Crippen LogP contribution in [-0.2, 0) is 22.3 Å². The molecule has 1 saturated heterocycles. The Labute approximate surface area is 225 Å². The number of nitrogen functional groups attached to an aromatic ring is 1. The van der Waals surface area contributed by atoms with E-state index in [9.17, 15) is 22.8 Å². The molecule has 4 rings (SSSR count). The Hall–Kier alpha value is -3.41. The number of rotatable bonds is 8. The summed E-state index contributed by atoms with van der Waals surface area (Å²) < 4.78 is 45.6. The van der Waals surface area contributed by atoms with Gasteiger partial charge in [-0.1, -0.05) is 23.2 Å². The van der Waals surface area contributed by atoms with Gasteiger partial charge in [-0.25, -0.2) is 0 Å². The number of nitrogens with zero attached hydrogens (tertiary/aromatic N) is 2. The number of alkyl halides is 3. The summed E-state index contributed by atoms with van der Waals surface area (Å²) >= 11 is 12.0. The Balaban J connectivity index is 1.44. The van der Waals surface area contributed by atoms with Gasteiger partial charge in [0.2, 0.25) is 5.91 Å². The highest BCUT2D eigenvalue weighted by Crippen LogP contribution is 2.38. The van der Waals surface area contributed by atoms with Gasteiger partial charge in [0.1, 0.15) is 0 Å². The van der Waals surface area contributed by atoms with Crippen LogP contribution in [0.15, 0.2) is 48.9 Å². The molecule has 1 aliphatic heterocycles. The number of pyridine rings is 2. The van der Waals surface area contributed by atoms with Crippen LogP contribution in [0.3, 0.4) is 0 Å². The molecular formula is C25H22Cl2F3N5O3. The molecule has 1 aliphatic rings. The Bertz CT molecular complexity index is 1360. The normalized spacial score (nSPS) is 17.3. The largest absolute Gasteiger partial charge is 0.418 e. The number of benzene rings is 1. The number of hydrogen-bond acceptors (Lipinski definition) is 7. The van der Waals surface area contributed by atoms with Gasteiger partial charge in [-0.2, -0.15) is 13.2 Å². The van der Waals surface area contributed by atoms with Gasteiger partial charge in [-0.15, -0.1) is 0 Å². The molecular weight excluding hydrogens is 546 g/mol. The summed E-state index contributed by atoms with van der Waals surface area (Å²) in [5.74, 6) is -0.700. The number of ketones is 1. The fourth-order valence-electron chi connectivity index (χ4n) is 4.06. The Morgan fingerprint density at radius 2 is 1.92 bits per heavy atom. The number of nitrogens with one attached hydrogen (secondary N) is 2. The zero-order valence-electron chi connectivity index (χ0n) is 19.7. The van der Waals surface area contributed by atoms with Crippen LogP contribution >= 0.6 is 23.2 Å². The topological polar surface area (TPSA) is 119 Å². The van der Waals surface area contributed by atoms with Crippen molar-refractivity contribution in [3.8, 4) is 0 Å². The smallest absolute Gasteiger partial charge is 0.397 e. The molecule has 0 radical (unpaired) electrons. The summed E-state index contributed by atoms with van der Waals surface area (Å²) in [7, 11) is 0. The van der Waals surface area contributed by atoms with Crippen LogP contribution in [0.25, 0.3) is 0 Å². The molecule has 2 aromatic heterocycles. The van der Waals surface area contributed by atoms with E-state index in [1.165, 1.54) is 42.9 Å². The molecule has 0 spiro atoms. The van der Waals surface area contributed by atoms with Crippen molar-refractivity contribution in [1.82, 2.24) is 15.3 Å². The first-order valence-corrected chi connectivity index (χ1v) is 12.1. The predicted octanol–water partition coefficient (Wildman–Crippen LogP) is 5.42. The minimum Gasteiger partial charge on any atom is -0.397 e. The van der Waals surface area contributed by atoms with Crippen LogP contribution < -0.4 is 16.4 Å².